The van der Waals surface area contributed by atoms with Gasteiger partial charge in [0.15, 0.2) is 0 Å². The van der Waals surface area contributed by atoms with Gasteiger partial charge in [0, 0.05) is 17.7 Å². The lowest BCUT2D eigenvalue weighted by molar-refractivity contribution is 0.0520. The van der Waals surface area contributed by atoms with Crippen molar-refractivity contribution in [1.82, 2.24) is 4.90 Å². The van der Waals surface area contributed by atoms with Crippen LogP contribution >= 0.6 is 0 Å². The van der Waals surface area contributed by atoms with E-state index in [1.54, 1.807) is 30.5 Å². The van der Waals surface area contributed by atoms with Crippen LogP contribution in [-0.2, 0) is 0 Å². The first-order chi connectivity index (χ1) is 11.1. The van der Waals surface area contributed by atoms with Crippen molar-refractivity contribution in [2.24, 2.45) is 11.7 Å². The summed E-state index contributed by atoms with van der Waals surface area (Å²) in [7, 11) is 0. The normalized spacial score (nSPS) is 21.2. The quantitative estimate of drug-likeness (QED) is 0.946. The Morgan fingerprint density at radius 1 is 1.17 bits per heavy atom. The molecule has 5 heteroatoms. The van der Waals surface area contributed by atoms with Gasteiger partial charge in [-0.25, -0.2) is 0 Å². The fourth-order valence-electron chi connectivity index (χ4n) is 3.08. The van der Waals surface area contributed by atoms with Gasteiger partial charge in [-0.3, -0.25) is 9.59 Å². The molecule has 1 fully saturated rings. The van der Waals surface area contributed by atoms with Gasteiger partial charge in [-0.1, -0.05) is 6.92 Å². The fourth-order valence-corrected chi connectivity index (χ4v) is 3.08. The summed E-state index contributed by atoms with van der Waals surface area (Å²) < 4.78 is 5.53. The number of primary amides is 1. The van der Waals surface area contributed by atoms with Crippen LogP contribution in [0.3, 0.4) is 0 Å². The van der Waals surface area contributed by atoms with Crippen LogP contribution in [0.1, 0.15) is 52.3 Å². The van der Waals surface area contributed by atoms with Crippen molar-refractivity contribution in [1.29, 1.82) is 0 Å². The van der Waals surface area contributed by atoms with Gasteiger partial charge in [0.25, 0.3) is 5.91 Å². The van der Waals surface area contributed by atoms with Crippen LogP contribution < -0.4 is 5.73 Å². The molecule has 0 radical (unpaired) electrons. The van der Waals surface area contributed by atoms with E-state index in [-0.39, 0.29) is 11.9 Å². The largest absolute Gasteiger partial charge is 0.467 e. The zero-order chi connectivity index (χ0) is 16.4. The van der Waals surface area contributed by atoms with E-state index in [9.17, 15) is 9.59 Å². The number of benzene rings is 1. The van der Waals surface area contributed by atoms with Gasteiger partial charge in [-0.15, -0.1) is 0 Å². The highest BCUT2D eigenvalue weighted by Gasteiger charge is 2.33. The van der Waals surface area contributed by atoms with E-state index in [4.69, 9.17) is 10.2 Å². The number of piperidine rings is 1. The molecular weight excluding hydrogens is 292 g/mol. The Balaban J connectivity index is 1.85. The maximum atomic E-state index is 12.9. The zero-order valence-corrected chi connectivity index (χ0v) is 13.1. The van der Waals surface area contributed by atoms with Gasteiger partial charge in [-0.05, 0) is 55.2 Å². The zero-order valence-electron chi connectivity index (χ0n) is 13.1. The van der Waals surface area contributed by atoms with Crippen molar-refractivity contribution < 1.29 is 14.0 Å². The van der Waals surface area contributed by atoms with Crippen LogP contribution in [-0.4, -0.2) is 23.3 Å². The number of nitrogens with zero attached hydrogens (tertiary/aromatic N) is 1. The third kappa shape index (κ3) is 3.13. The maximum Gasteiger partial charge on any atom is 0.254 e. The summed E-state index contributed by atoms with van der Waals surface area (Å²) in [6, 6.07) is 10.2. The Hall–Kier alpha value is -2.56. The van der Waals surface area contributed by atoms with E-state index in [0.717, 1.165) is 18.6 Å². The van der Waals surface area contributed by atoms with E-state index < -0.39 is 5.91 Å². The van der Waals surface area contributed by atoms with Gasteiger partial charge in [0.1, 0.15) is 5.76 Å². The van der Waals surface area contributed by atoms with Gasteiger partial charge in [-0.2, -0.15) is 0 Å². The number of hydrogen-bond acceptors (Lipinski definition) is 3. The van der Waals surface area contributed by atoms with Crippen molar-refractivity contribution in [3.63, 3.8) is 0 Å². The Labute approximate surface area is 135 Å². The third-order valence-corrected chi connectivity index (χ3v) is 4.41. The first-order valence-corrected chi connectivity index (χ1v) is 7.80. The van der Waals surface area contributed by atoms with Gasteiger partial charge >= 0.3 is 0 Å². The predicted octanol–water partition coefficient (Wildman–Crippen LogP) is 2.99. The molecule has 1 aliphatic heterocycles. The monoisotopic (exact) mass is 312 g/mol. The van der Waals surface area contributed by atoms with Gasteiger partial charge in [0.2, 0.25) is 5.91 Å². The second-order valence-electron chi connectivity index (χ2n) is 6.10. The molecule has 1 aromatic carbocycles. The standard InChI is InChI=1S/C18H20N2O3/c1-12-8-9-20(15(11-12)16-3-2-10-23-16)18(22)14-6-4-13(5-7-14)17(19)21/h2-7,10,12,15H,8-9,11H2,1H3,(H2,19,21)/t12-,15-/m1/s1. The summed E-state index contributed by atoms with van der Waals surface area (Å²) >= 11 is 0. The van der Waals surface area contributed by atoms with Crippen molar-refractivity contribution >= 4 is 11.8 Å². The lowest BCUT2D eigenvalue weighted by Gasteiger charge is -2.37. The Morgan fingerprint density at radius 2 is 1.87 bits per heavy atom. The minimum absolute atomic E-state index is 0.0444. The molecule has 2 atom stereocenters. The molecule has 1 aliphatic rings. The van der Waals surface area contributed by atoms with E-state index in [0.29, 0.717) is 23.6 Å². The molecule has 0 spiro atoms. The van der Waals surface area contributed by atoms with E-state index >= 15 is 0 Å². The first-order valence-electron chi connectivity index (χ1n) is 7.80. The summed E-state index contributed by atoms with van der Waals surface area (Å²) in [6.07, 6.45) is 3.50. The molecule has 2 aromatic rings. The molecule has 1 aromatic heterocycles. The lowest BCUT2D eigenvalue weighted by atomic mass is 9.90. The first kappa shape index (κ1) is 15.3. The van der Waals surface area contributed by atoms with Crippen molar-refractivity contribution in [3.8, 4) is 0 Å². The summed E-state index contributed by atoms with van der Waals surface area (Å²) in [4.78, 5) is 25.9. The van der Waals surface area contributed by atoms with E-state index in [1.807, 2.05) is 17.0 Å². The molecule has 2 heterocycles. The SMILES string of the molecule is C[C@@H]1CCN(C(=O)c2ccc(C(N)=O)cc2)[C@@H](c2ccco2)C1. The fraction of sp³-hybridized carbons (Fsp3) is 0.333. The summed E-state index contributed by atoms with van der Waals surface area (Å²) in [6.45, 7) is 2.89. The number of hydrogen-bond donors (Lipinski definition) is 1. The Bertz CT molecular complexity index is 692. The average Bonchev–Trinajstić information content (AvgIpc) is 3.08. The van der Waals surface area contributed by atoms with Crippen molar-refractivity contribution in [3.05, 3.63) is 59.5 Å². The Morgan fingerprint density at radius 3 is 2.48 bits per heavy atom. The average molecular weight is 312 g/mol. The summed E-state index contributed by atoms with van der Waals surface area (Å²) in [5, 5.41) is 0. The summed E-state index contributed by atoms with van der Waals surface area (Å²) in [5.74, 6) is 0.823. The maximum absolute atomic E-state index is 12.9. The van der Waals surface area contributed by atoms with Gasteiger partial charge < -0.3 is 15.1 Å². The van der Waals surface area contributed by atoms with Crippen LogP contribution in [0.2, 0.25) is 0 Å². The molecule has 0 saturated carbocycles. The molecule has 0 aliphatic carbocycles. The van der Waals surface area contributed by atoms with Crippen molar-refractivity contribution in [2.45, 2.75) is 25.8 Å². The molecule has 2 amide bonds. The number of likely N-dealkylation sites (tertiary alicyclic amines) is 1. The van der Waals surface area contributed by atoms with Crippen molar-refractivity contribution in [2.75, 3.05) is 6.54 Å². The predicted molar refractivity (Wildman–Crippen MR) is 85.8 cm³/mol. The molecule has 2 N–H and O–H groups in total. The molecule has 0 unspecified atom stereocenters. The van der Waals surface area contributed by atoms with E-state index in [1.165, 1.54) is 0 Å². The lowest BCUT2D eigenvalue weighted by Crippen LogP contribution is -2.40. The van der Waals surface area contributed by atoms with Crippen LogP contribution in [0.5, 0.6) is 0 Å². The highest BCUT2D eigenvalue weighted by molar-refractivity contribution is 5.97. The molecule has 1 saturated heterocycles. The minimum Gasteiger partial charge on any atom is -0.467 e. The molecule has 5 nitrogen and oxygen atoms in total. The van der Waals surface area contributed by atoms with Crippen LogP contribution in [0.25, 0.3) is 0 Å². The van der Waals surface area contributed by atoms with Crippen LogP contribution in [0.4, 0.5) is 0 Å². The highest BCUT2D eigenvalue weighted by atomic mass is 16.3. The molecule has 120 valence electrons. The number of nitrogens with two attached hydrogens (primary N) is 1. The second-order valence-corrected chi connectivity index (χ2v) is 6.10. The third-order valence-electron chi connectivity index (χ3n) is 4.41. The number of furan rings is 1. The van der Waals surface area contributed by atoms with Gasteiger partial charge in [0.05, 0.1) is 12.3 Å². The molecule has 23 heavy (non-hydrogen) atoms. The van der Waals surface area contributed by atoms with Crippen LogP contribution in [0, 0.1) is 5.92 Å². The molecule has 3 rings (SSSR count). The number of rotatable bonds is 3. The number of amides is 2. The number of carbonyl (C=O) groups excluding carboxylic acids is 2. The summed E-state index contributed by atoms with van der Waals surface area (Å²) in [5.41, 5.74) is 6.19. The van der Waals surface area contributed by atoms with Crippen LogP contribution in [0.15, 0.2) is 47.1 Å². The second kappa shape index (κ2) is 6.28. The topological polar surface area (TPSA) is 76.5 Å². The minimum atomic E-state index is -0.496. The smallest absolute Gasteiger partial charge is 0.254 e. The Kier molecular flexibility index (Phi) is 4.19. The highest BCUT2D eigenvalue weighted by Crippen LogP contribution is 2.35. The molecule has 0 bridgehead atoms. The molecular formula is C18H20N2O3. The number of carbonyl (C=O) groups is 2. The van der Waals surface area contributed by atoms with E-state index in [2.05, 4.69) is 6.92 Å².